The summed E-state index contributed by atoms with van der Waals surface area (Å²) in [5, 5.41) is 3.00. The normalized spacial score (nSPS) is 18.2. The smallest absolute Gasteiger partial charge is 0.282 e. The first kappa shape index (κ1) is 17.2. The fourth-order valence-electron chi connectivity index (χ4n) is 3.24. The highest BCUT2D eigenvalue weighted by Crippen LogP contribution is 2.23. The van der Waals surface area contributed by atoms with Crippen LogP contribution in [-0.2, 0) is 4.79 Å². The number of amides is 1. The second-order valence-electron chi connectivity index (χ2n) is 6.37. The summed E-state index contributed by atoms with van der Waals surface area (Å²) in [6.07, 6.45) is 3.26. The maximum Gasteiger partial charge on any atom is 0.282 e. The number of ether oxygens (including phenoxy) is 1. The molecule has 1 heterocycles. The fraction of sp³-hybridized carbons (Fsp3) is 0.286. The fourth-order valence-corrected chi connectivity index (χ4v) is 3.24. The van der Waals surface area contributed by atoms with Crippen molar-refractivity contribution in [1.29, 1.82) is 0 Å². The molecule has 1 aliphatic rings. The van der Waals surface area contributed by atoms with Gasteiger partial charge in [-0.15, -0.1) is 0 Å². The molecule has 2 N–H and O–H groups in total. The van der Waals surface area contributed by atoms with Gasteiger partial charge in [0.25, 0.3) is 5.91 Å². The predicted molar refractivity (Wildman–Crippen MR) is 101 cm³/mol. The van der Waals surface area contributed by atoms with Crippen molar-refractivity contribution in [1.82, 2.24) is 0 Å². The average molecular weight is 337 g/mol. The van der Waals surface area contributed by atoms with E-state index in [9.17, 15) is 4.79 Å². The zero-order valence-corrected chi connectivity index (χ0v) is 14.8. The Morgan fingerprint density at radius 1 is 1.12 bits per heavy atom. The van der Waals surface area contributed by atoms with Gasteiger partial charge in [0.05, 0.1) is 25.9 Å². The zero-order valence-electron chi connectivity index (χ0n) is 14.8. The number of carbonyl (C=O) groups is 1. The van der Waals surface area contributed by atoms with Gasteiger partial charge in [-0.25, -0.2) is 0 Å². The Morgan fingerprint density at radius 2 is 1.84 bits per heavy atom. The second-order valence-corrected chi connectivity index (χ2v) is 6.37. The molecular weight excluding hydrogens is 312 g/mol. The van der Waals surface area contributed by atoms with Gasteiger partial charge in [0.1, 0.15) is 5.75 Å². The molecule has 0 aromatic heterocycles. The number of para-hydroxylation sites is 2. The number of benzene rings is 2. The van der Waals surface area contributed by atoms with Crippen molar-refractivity contribution < 1.29 is 14.4 Å². The number of rotatable bonds is 5. The summed E-state index contributed by atoms with van der Waals surface area (Å²) in [4.78, 5) is 13.9. The van der Waals surface area contributed by atoms with Crippen molar-refractivity contribution in [3.63, 3.8) is 0 Å². The number of hydrogen-bond acceptors (Lipinski definition) is 2. The van der Waals surface area contributed by atoms with Crippen LogP contribution in [0.2, 0.25) is 0 Å². The monoisotopic (exact) mass is 337 g/mol. The molecule has 0 radical (unpaired) electrons. The molecule has 0 saturated heterocycles. The molecule has 4 heteroatoms. The van der Waals surface area contributed by atoms with Crippen molar-refractivity contribution in [2.45, 2.75) is 19.4 Å². The topological polar surface area (TPSA) is 42.8 Å². The van der Waals surface area contributed by atoms with Gasteiger partial charge in [0.15, 0.2) is 6.04 Å². The van der Waals surface area contributed by atoms with Crippen LogP contribution in [0, 0.1) is 0 Å². The molecule has 1 amide bonds. The van der Waals surface area contributed by atoms with Crippen LogP contribution in [0.3, 0.4) is 0 Å². The number of nitrogens with one attached hydrogen (secondary N) is 2. The van der Waals surface area contributed by atoms with E-state index >= 15 is 0 Å². The van der Waals surface area contributed by atoms with Crippen LogP contribution in [0.5, 0.6) is 5.75 Å². The number of anilines is 1. The summed E-state index contributed by atoms with van der Waals surface area (Å²) in [5.74, 6) is 0.707. The first-order valence-electron chi connectivity index (χ1n) is 8.72. The van der Waals surface area contributed by atoms with E-state index in [0.717, 1.165) is 25.2 Å². The molecule has 4 nitrogen and oxygen atoms in total. The molecule has 25 heavy (non-hydrogen) atoms. The maximum absolute atomic E-state index is 12.6. The zero-order chi connectivity index (χ0) is 17.6. The van der Waals surface area contributed by atoms with Crippen LogP contribution in [0.4, 0.5) is 5.69 Å². The highest BCUT2D eigenvalue weighted by Gasteiger charge is 2.27. The SMILES string of the molecule is COc1ccccc1NC(=O)[C@H](C)[NH+]1CC=C(c2ccccc2)CC1. The van der Waals surface area contributed by atoms with Gasteiger partial charge in [-0.05, 0) is 36.3 Å². The van der Waals surface area contributed by atoms with Crippen molar-refractivity contribution in [3.05, 3.63) is 66.2 Å². The predicted octanol–water partition coefficient (Wildman–Crippen LogP) is 2.39. The van der Waals surface area contributed by atoms with Crippen molar-refractivity contribution >= 4 is 17.2 Å². The third-order valence-corrected chi connectivity index (χ3v) is 4.84. The van der Waals surface area contributed by atoms with Crippen LogP contribution in [-0.4, -0.2) is 32.1 Å². The molecule has 0 spiro atoms. The van der Waals surface area contributed by atoms with Gasteiger partial charge in [0.2, 0.25) is 0 Å². The lowest BCUT2D eigenvalue weighted by Crippen LogP contribution is -3.17. The lowest BCUT2D eigenvalue weighted by Gasteiger charge is -2.28. The van der Waals surface area contributed by atoms with E-state index in [1.165, 1.54) is 16.0 Å². The van der Waals surface area contributed by atoms with Gasteiger partial charge in [-0.1, -0.05) is 42.5 Å². The molecule has 0 saturated carbocycles. The Hall–Kier alpha value is -2.59. The minimum atomic E-state index is -0.113. The number of hydrogen-bond donors (Lipinski definition) is 2. The first-order chi connectivity index (χ1) is 12.2. The molecule has 1 aliphatic heterocycles. The van der Waals surface area contributed by atoms with Crippen LogP contribution in [0.15, 0.2) is 60.7 Å². The molecule has 2 aromatic rings. The van der Waals surface area contributed by atoms with E-state index in [-0.39, 0.29) is 11.9 Å². The Morgan fingerprint density at radius 3 is 2.52 bits per heavy atom. The quantitative estimate of drug-likeness (QED) is 0.880. The first-order valence-corrected chi connectivity index (χ1v) is 8.72. The van der Waals surface area contributed by atoms with Crippen molar-refractivity contribution in [3.8, 4) is 5.75 Å². The highest BCUT2D eigenvalue weighted by atomic mass is 16.5. The van der Waals surface area contributed by atoms with Crippen LogP contribution in [0.25, 0.3) is 5.57 Å². The number of quaternary nitrogens is 1. The van der Waals surface area contributed by atoms with Crippen molar-refractivity contribution in [2.75, 3.05) is 25.5 Å². The molecule has 0 fully saturated rings. The van der Waals surface area contributed by atoms with E-state index in [0.29, 0.717) is 5.75 Å². The molecule has 0 bridgehead atoms. The second kappa shape index (κ2) is 7.99. The molecule has 2 aromatic carbocycles. The molecule has 3 rings (SSSR count). The molecule has 2 atom stereocenters. The van der Waals surface area contributed by atoms with Gasteiger partial charge >= 0.3 is 0 Å². The molecule has 130 valence electrons. The van der Waals surface area contributed by atoms with Gasteiger partial charge < -0.3 is 15.0 Å². The van der Waals surface area contributed by atoms with E-state index in [2.05, 4.69) is 35.7 Å². The van der Waals surface area contributed by atoms with Crippen LogP contribution in [0.1, 0.15) is 18.9 Å². The van der Waals surface area contributed by atoms with Crippen LogP contribution < -0.4 is 15.0 Å². The Kier molecular flexibility index (Phi) is 5.51. The Bertz CT molecular complexity index is 756. The van der Waals surface area contributed by atoms with Crippen LogP contribution >= 0.6 is 0 Å². The summed E-state index contributed by atoms with van der Waals surface area (Å²) in [6.45, 7) is 3.81. The summed E-state index contributed by atoms with van der Waals surface area (Å²) in [6, 6.07) is 17.9. The highest BCUT2D eigenvalue weighted by molar-refractivity contribution is 5.95. The Balaban J connectivity index is 1.63. The summed E-state index contributed by atoms with van der Waals surface area (Å²) in [7, 11) is 1.61. The average Bonchev–Trinajstić information content (AvgIpc) is 2.68. The van der Waals surface area contributed by atoms with E-state index in [1.807, 2.05) is 37.3 Å². The van der Waals surface area contributed by atoms with Gasteiger partial charge in [-0.2, -0.15) is 0 Å². The molecular formula is C21H25N2O2+. The van der Waals surface area contributed by atoms with E-state index in [1.54, 1.807) is 7.11 Å². The minimum Gasteiger partial charge on any atom is -0.495 e. The van der Waals surface area contributed by atoms with E-state index in [4.69, 9.17) is 4.74 Å². The third-order valence-electron chi connectivity index (χ3n) is 4.84. The van der Waals surface area contributed by atoms with E-state index < -0.39 is 0 Å². The molecule has 1 unspecified atom stereocenters. The lowest BCUT2D eigenvalue weighted by molar-refractivity contribution is -0.909. The largest absolute Gasteiger partial charge is 0.495 e. The minimum absolute atomic E-state index is 0.0241. The van der Waals surface area contributed by atoms with Gasteiger partial charge in [0, 0.05) is 6.42 Å². The number of carbonyl (C=O) groups excluding carboxylic acids is 1. The Labute approximate surface area is 149 Å². The summed E-state index contributed by atoms with van der Waals surface area (Å²) < 4.78 is 5.30. The lowest BCUT2D eigenvalue weighted by atomic mass is 9.99. The standard InChI is InChI=1S/C21H24N2O2/c1-16(21(24)22-19-10-6-7-11-20(19)25-2)23-14-12-18(13-15-23)17-8-4-3-5-9-17/h3-12,16H,13-15H2,1-2H3,(H,22,24)/p+1/t16-/m0/s1. The molecule has 0 aliphatic carbocycles. The summed E-state index contributed by atoms with van der Waals surface area (Å²) in [5.41, 5.74) is 3.38. The van der Waals surface area contributed by atoms with Crippen molar-refractivity contribution in [2.24, 2.45) is 0 Å². The van der Waals surface area contributed by atoms with Gasteiger partial charge in [-0.3, -0.25) is 4.79 Å². The third kappa shape index (κ3) is 4.09. The maximum atomic E-state index is 12.6. The summed E-state index contributed by atoms with van der Waals surface area (Å²) >= 11 is 0. The number of methoxy groups -OCH3 is 1.